The molecule has 0 spiro atoms. The van der Waals surface area contributed by atoms with Gasteiger partial charge in [-0.05, 0) is 32.5 Å². The van der Waals surface area contributed by atoms with Crippen LogP contribution in [0.3, 0.4) is 0 Å². The maximum absolute atomic E-state index is 5.53. The van der Waals surface area contributed by atoms with Gasteiger partial charge in [-0.25, -0.2) is 0 Å². The second kappa shape index (κ2) is 6.58. The van der Waals surface area contributed by atoms with E-state index in [4.69, 9.17) is 5.73 Å². The molecule has 0 aliphatic heterocycles. The summed E-state index contributed by atoms with van der Waals surface area (Å²) in [5, 5.41) is 4.18. The van der Waals surface area contributed by atoms with Crippen LogP contribution in [0.5, 0.6) is 0 Å². The lowest BCUT2D eigenvalue weighted by atomic mass is 10.3. The molecular weight excluding hydrogens is 188 g/mol. The second-order valence-corrected chi connectivity index (χ2v) is 3.94. The van der Waals surface area contributed by atoms with Gasteiger partial charge >= 0.3 is 0 Å². The summed E-state index contributed by atoms with van der Waals surface area (Å²) in [6.07, 6.45) is 6.27. The molecule has 86 valence electrons. The van der Waals surface area contributed by atoms with Gasteiger partial charge in [-0.1, -0.05) is 6.92 Å². The number of nitrogens with zero attached hydrogens (tertiary/aromatic N) is 3. The van der Waals surface area contributed by atoms with Gasteiger partial charge in [0.25, 0.3) is 0 Å². The van der Waals surface area contributed by atoms with Crippen molar-refractivity contribution < 1.29 is 0 Å². The molecule has 1 aromatic heterocycles. The van der Waals surface area contributed by atoms with Crippen molar-refractivity contribution in [2.75, 3.05) is 19.6 Å². The first-order valence-corrected chi connectivity index (χ1v) is 5.66. The molecule has 0 fully saturated rings. The number of rotatable bonds is 7. The van der Waals surface area contributed by atoms with Crippen molar-refractivity contribution in [3.8, 4) is 0 Å². The van der Waals surface area contributed by atoms with Gasteiger partial charge in [0.1, 0.15) is 0 Å². The number of hydrogen-bond acceptors (Lipinski definition) is 3. The molecule has 1 aromatic rings. The first-order chi connectivity index (χ1) is 7.26. The predicted octanol–water partition coefficient (Wildman–Crippen LogP) is 0.981. The summed E-state index contributed by atoms with van der Waals surface area (Å²) in [6, 6.07) is 0. The lowest BCUT2D eigenvalue weighted by Crippen LogP contribution is -2.26. The molecule has 0 amide bonds. The number of aromatic nitrogens is 2. The smallest absolute Gasteiger partial charge is 0.0534 e. The van der Waals surface area contributed by atoms with Crippen LogP contribution in [0.1, 0.15) is 25.3 Å². The van der Waals surface area contributed by atoms with Crippen LogP contribution in [0.25, 0.3) is 0 Å². The standard InChI is InChI=1S/C11H22N4/c1-3-6-15(7-4-5-12)10-11-8-13-14(2)9-11/h8-9H,3-7,10,12H2,1-2H3. The van der Waals surface area contributed by atoms with Crippen LogP contribution in [0.2, 0.25) is 0 Å². The van der Waals surface area contributed by atoms with Crippen molar-refractivity contribution in [2.24, 2.45) is 12.8 Å². The Bertz CT molecular complexity index is 269. The molecule has 2 N–H and O–H groups in total. The van der Waals surface area contributed by atoms with Crippen molar-refractivity contribution >= 4 is 0 Å². The Balaban J connectivity index is 2.42. The van der Waals surface area contributed by atoms with Crippen LogP contribution in [-0.2, 0) is 13.6 Å². The van der Waals surface area contributed by atoms with Crippen molar-refractivity contribution in [1.82, 2.24) is 14.7 Å². The summed E-state index contributed by atoms with van der Waals surface area (Å²) in [7, 11) is 1.95. The summed E-state index contributed by atoms with van der Waals surface area (Å²) in [5.41, 5.74) is 6.81. The molecule has 0 saturated heterocycles. The molecule has 0 aliphatic carbocycles. The van der Waals surface area contributed by atoms with E-state index >= 15 is 0 Å². The molecule has 15 heavy (non-hydrogen) atoms. The third kappa shape index (κ3) is 4.44. The van der Waals surface area contributed by atoms with Gasteiger partial charge in [-0.15, -0.1) is 0 Å². The average Bonchev–Trinajstić information content (AvgIpc) is 2.61. The van der Waals surface area contributed by atoms with Gasteiger partial charge in [0.2, 0.25) is 0 Å². The molecule has 0 unspecified atom stereocenters. The highest BCUT2D eigenvalue weighted by Gasteiger charge is 2.05. The van der Waals surface area contributed by atoms with E-state index in [1.54, 1.807) is 0 Å². The minimum atomic E-state index is 0.771. The Kier molecular flexibility index (Phi) is 5.36. The first-order valence-electron chi connectivity index (χ1n) is 5.66. The largest absolute Gasteiger partial charge is 0.330 e. The second-order valence-electron chi connectivity index (χ2n) is 3.94. The normalized spacial score (nSPS) is 11.2. The Labute approximate surface area is 92.1 Å². The van der Waals surface area contributed by atoms with Crippen LogP contribution in [0.15, 0.2) is 12.4 Å². The predicted molar refractivity (Wildman–Crippen MR) is 62.4 cm³/mol. The highest BCUT2D eigenvalue weighted by atomic mass is 15.2. The van der Waals surface area contributed by atoms with Crippen LogP contribution in [0, 0.1) is 0 Å². The summed E-state index contributed by atoms with van der Waals surface area (Å²) in [4.78, 5) is 2.43. The minimum absolute atomic E-state index is 0.771. The van der Waals surface area contributed by atoms with E-state index in [2.05, 4.69) is 23.1 Å². The zero-order valence-corrected chi connectivity index (χ0v) is 9.82. The quantitative estimate of drug-likeness (QED) is 0.730. The summed E-state index contributed by atoms with van der Waals surface area (Å²) in [6.45, 7) is 6.18. The Morgan fingerprint density at radius 2 is 2.27 bits per heavy atom. The van der Waals surface area contributed by atoms with Crippen LogP contribution in [-0.4, -0.2) is 34.3 Å². The van der Waals surface area contributed by atoms with Gasteiger partial charge in [-0.3, -0.25) is 9.58 Å². The maximum atomic E-state index is 5.53. The van der Waals surface area contributed by atoms with Gasteiger partial charge in [0, 0.05) is 25.4 Å². The topological polar surface area (TPSA) is 47.1 Å². The zero-order valence-electron chi connectivity index (χ0n) is 9.82. The van der Waals surface area contributed by atoms with Crippen molar-refractivity contribution in [3.05, 3.63) is 18.0 Å². The third-order valence-corrected chi connectivity index (χ3v) is 2.38. The fourth-order valence-corrected chi connectivity index (χ4v) is 1.71. The molecule has 0 radical (unpaired) electrons. The molecule has 4 heteroatoms. The van der Waals surface area contributed by atoms with Crippen LogP contribution >= 0.6 is 0 Å². The van der Waals surface area contributed by atoms with E-state index in [1.165, 1.54) is 12.0 Å². The molecular formula is C11H22N4. The number of nitrogens with two attached hydrogens (primary N) is 1. The van der Waals surface area contributed by atoms with Crippen molar-refractivity contribution in [2.45, 2.75) is 26.3 Å². The molecule has 0 atom stereocenters. The van der Waals surface area contributed by atoms with E-state index < -0.39 is 0 Å². The molecule has 1 rings (SSSR count). The fourth-order valence-electron chi connectivity index (χ4n) is 1.71. The molecule has 0 bridgehead atoms. The van der Waals surface area contributed by atoms with E-state index in [0.29, 0.717) is 0 Å². The summed E-state index contributed by atoms with van der Waals surface area (Å²) >= 11 is 0. The van der Waals surface area contributed by atoms with Crippen LogP contribution < -0.4 is 5.73 Å². The Hall–Kier alpha value is -0.870. The SMILES string of the molecule is CCCN(CCCN)Cc1cnn(C)c1. The van der Waals surface area contributed by atoms with Crippen LogP contribution in [0.4, 0.5) is 0 Å². The molecule has 0 aliphatic rings. The van der Waals surface area contributed by atoms with E-state index in [1.807, 2.05) is 17.9 Å². The van der Waals surface area contributed by atoms with Gasteiger partial charge in [0.05, 0.1) is 6.20 Å². The number of aryl methyl sites for hydroxylation is 1. The molecule has 1 heterocycles. The highest BCUT2D eigenvalue weighted by molar-refractivity contribution is 5.03. The molecule has 0 aromatic carbocycles. The lowest BCUT2D eigenvalue weighted by molar-refractivity contribution is 0.264. The Morgan fingerprint density at radius 3 is 2.80 bits per heavy atom. The van der Waals surface area contributed by atoms with E-state index in [9.17, 15) is 0 Å². The number of hydrogen-bond donors (Lipinski definition) is 1. The minimum Gasteiger partial charge on any atom is -0.330 e. The van der Waals surface area contributed by atoms with E-state index in [0.717, 1.165) is 32.6 Å². The average molecular weight is 210 g/mol. The Morgan fingerprint density at radius 1 is 1.47 bits per heavy atom. The van der Waals surface area contributed by atoms with Gasteiger partial charge < -0.3 is 5.73 Å². The van der Waals surface area contributed by atoms with Crippen molar-refractivity contribution in [1.29, 1.82) is 0 Å². The monoisotopic (exact) mass is 210 g/mol. The van der Waals surface area contributed by atoms with Gasteiger partial charge in [-0.2, -0.15) is 5.10 Å². The zero-order chi connectivity index (χ0) is 11.1. The van der Waals surface area contributed by atoms with Gasteiger partial charge in [0.15, 0.2) is 0 Å². The highest BCUT2D eigenvalue weighted by Crippen LogP contribution is 2.04. The summed E-state index contributed by atoms with van der Waals surface area (Å²) < 4.78 is 1.85. The maximum Gasteiger partial charge on any atom is 0.0534 e. The third-order valence-electron chi connectivity index (χ3n) is 2.38. The lowest BCUT2D eigenvalue weighted by Gasteiger charge is -2.20. The summed E-state index contributed by atoms with van der Waals surface area (Å²) in [5.74, 6) is 0. The molecule has 4 nitrogen and oxygen atoms in total. The molecule has 0 saturated carbocycles. The first kappa shape index (κ1) is 12.2. The fraction of sp³-hybridized carbons (Fsp3) is 0.727. The van der Waals surface area contributed by atoms with E-state index in [-0.39, 0.29) is 0 Å². The van der Waals surface area contributed by atoms with Crippen molar-refractivity contribution in [3.63, 3.8) is 0 Å².